The maximum absolute atomic E-state index is 12.2. The van der Waals surface area contributed by atoms with Crippen molar-refractivity contribution in [1.82, 2.24) is 4.98 Å². The molecule has 1 aromatic heterocycles. The highest BCUT2D eigenvalue weighted by molar-refractivity contribution is 5.92. The number of hydrogen-bond acceptors (Lipinski definition) is 5. The van der Waals surface area contributed by atoms with Gasteiger partial charge in [-0.05, 0) is 6.07 Å². The number of pyridine rings is 1. The second-order valence-electron chi connectivity index (χ2n) is 3.02. The average Bonchev–Trinajstić information content (AvgIpc) is 2.27. The molecule has 0 spiro atoms. The van der Waals surface area contributed by atoms with Crippen molar-refractivity contribution in [2.24, 2.45) is 0 Å². The minimum absolute atomic E-state index is 0.0338. The van der Waals surface area contributed by atoms with E-state index in [1.165, 1.54) is 20.3 Å². The minimum atomic E-state index is -0.663. The molecule has 0 radical (unpaired) electrons. The number of carbonyl (C=O) groups excluding carboxylic acids is 1. The lowest BCUT2D eigenvalue weighted by atomic mass is 10.2. The summed E-state index contributed by atoms with van der Waals surface area (Å²) < 4.78 is 21.7. The number of carbonyl (C=O) groups is 1. The predicted octanol–water partition coefficient (Wildman–Crippen LogP) is 0.971. The van der Waals surface area contributed by atoms with Crippen LogP contribution in [0.15, 0.2) is 6.07 Å². The molecule has 5 nitrogen and oxygen atoms in total. The molecule has 0 bridgehead atoms. The van der Waals surface area contributed by atoms with Gasteiger partial charge in [0.15, 0.2) is 11.4 Å². The van der Waals surface area contributed by atoms with Crippen LogP contribution in [0.2, 0.25) is 0 Å². The summed E-state index contributed by atoms with van der Waals surface area (Å²) >= 11 is 0. The molecule has 2 N–H and O–H groups in total. The minimum Gasteiger partial charge on any atom is -0.492 e. The Morgan fingerprint density at radius 3 is 2.75 bits per heavy atom. The summed E-state index contributed by atoms with van der Waals surface area (Å²) in [6.07, 6.45) is 0.0954. The zero-order chi connectivity index (χ0) is 12.1. The average molecular weight is 228 g/mol. The van der Waals surface area contributed by atoms with Gasteiger partial charge in [-0.25, -0.2) is 9.78 Å². The molecule has 0 amide bonds. The molecular formula is C10H13FN2O3. The molecule has 0 unspecified atom stereocenters. The largest absolute Gasteiger partial charge is 0.492 e. The Balaban J connectivity index is 3.24. The monoisotopic (exact) mass is 228 g/mol. The van der Waals surface area contributed by atoms with Gasteiger partial charge in [-0.1, -0.05) is 0 Å². The number of halogens is 1. The summed E-state index contributed by atoms with van der Waals surface area (Å²) in [6.45, 7) is -0.570. The number of nitrogen functional groups attached to an aromatic ring is 1. The summed E-state index contributed by atoms with van der Waals surface area (Å²) in [5.41, 5.74) is 6.25. The number of aromatic nitrogens is 1. The molecule has 0 aliphatic rings. The highest BCUT2D eigenvalue weighted by atomic mass is 19.1. The van der Waals surface area contributed by atoms with Crippen molar-refractivity contribution in [3.8, 4) is 5.75 Å². The van der Waals surface area contributed by atoms with Gasteiger partial charge in [0.2, 0.25) is 0 Å². The number of nitrogens with two attached hydrogens (primary N) is 1. The van der Waals surface area contributed by atoms with Crippen LogP contribution in [0.1, 0.15) is 16.2 Å². The Morgan fingerprint density at radius 2 is 2.25 bits per heavy atom. The topological polar surface area (TPSA) is 74.4 Å². The summed E-state index contributed by atoms with van der Waals surface area (Å²) in [4.78, 5) is 15.3. The summed E-state index contributed by atoms with van der Waals surface area (Å²) in [5.74, 6) is -0.515. The van der Waals surface area contributed by atoms with Crippen molar-refractivity contribution >= 4 is 11.7 Å². The van der Waals surface area contributed by atoms with Crippen molar-refractivity contribution in [3.63, 3.8) is 0 Å². The van der Waals surface area contributed by atoms with Gasteiger partial charge in [0.1, 0.15) is 0 Å². The highest BCUT2D eigenvalue weighted by Crippen LogP contribution is 2.26. The summed E-state index contributed by atoms with van der Waals surface area (Å²) in [5, 5.41) is 0. The molecule has 0 aliphatic carbocycles. The van der Waals surface area contributed by atoms with Crippen molar-refractivity contribution in [2.75, 3.05) is 26.6 Å². The zero-order valence-electron chi connectivity index (χ0n) is 9.12. The molecule has 16 heavy (non-hydrogen) atoms. The second-order valence-corrected chi connectivity index (χ2v) is 3.02. The van der Waals surface area contributed by atoms with E-state index in [1.807, 2.05) is 0 Å². The Hall–Kier alpha value is -1.85. The van der Waals surface area contributed by atoms with E-state index in [0.29, 0.717) is 5.69 Å². The van der Waals surface area contributed by atoms with Gasteiger partial charge >= 0.3 is 5.97 Å². The van der Waals surface area contributed by atoms with Crippen LogP contribution in [-0.4, -0.2) is 31.8 Å². The van der Waals surface area contributed by atoms with Crippen LogP contribution < -0.4 is 10.5 Å². The number of methoxy groups -OCH3 is 2. The lowest BCUT2D eigenvalue weighted by Gasteiger charge is -2.10. The van der Waals surface area contributed by atoms with Gasteiger partial charge in [-0.3, -0.25) is 4.39 Å². The summed E-state index contributed by atoms with van der Waals surface area (Å²) in [7, 11) is 2.59. The van der Waals surface area contributed by atoms with Crippen LogP contribution in [0.25, 0.3) is 0 Å². The van der Waals surface area contributed by atoms with Crippen LogP contribution in [-0.2, 0) is 11.2 Å². The second kappa shape index (κ2) is 5.29. The number of alkyl halides is 1. The molecule has 1 rings (SSSR count). The fraction of sp³-hybridized carbons (Fsp3) is 0.400. The Kier molecular flexibility index (Phi) is 4.04. The van der Waals surface area contributed by atoms with E-state index < -0.39 is 12.6 Å². The molecule has 6 heteroatoms. The Bertz CT molecular complexity index is 396. The van der Waals surface area contributed by atoms with Gasteiger partial charge in [0.25, 0.3) is 0 Å². The van der Waals surface area contributed by atoms with Crippen LogP contribution >= 0.6 is 0 Å². The van der Waals surface area contributed by atoms with E-state index in [-0.39, 0.29) is 23.6 Å². The summed E-state index contributed by atoms with van der Waals surface area (Å²) in [6, 6.07) is 1.48. The van der Waals surface area contributed by atoms with Gasteiger partial charge in [-0.2, -0.15) is 0 Å². The fourth-order valence-electron chi connectivity index (χ4n) is 1.28. The van der Waals surface area contributed by atoms with E-state index in [0.717, 1.165) is 0 Å². The first-order chi connectivity index (χ1) is 7.63. The van der Waals surface area contributed by atoms with Gasteiger partial charge in [0, 0.05) is 12.1 Å². The van der Waals surface area contributed by atoms with Crippen molar-refractivity contribution in [1.29, 1.82) is 0 Å². The number of hydrogen-bond donors (Lipinski definition) is 1. The standard InChI is InChI=1S/C10H13FN2O3/c1-15-9-7(12)5-6(3-4-11)13-8(9)10(14)16-2/h5H,3-4H2,1-2H3,(H2,12,13). The van der Waals surface area contributed by atoms with Crippen molar-refractivity contribution in [3.05, 3.63) is 17.5 Å². The molecule has 0 fully saturated rings. The van der Waals surface area contributed by atoms with Gasteiger partial charge in [-0.15, -0.1) is 0 Å². The number of aryl methyl sites for hydroxylation is 1. The van der Waals surface area contributed by atoms with Crippen LogP contribution in [0.5, 0.6) is 5.75 Å². The molecular weight excluding hydrogens is 215 g/mol. The van der Waals surface area contributed by atoms with Crippen LogP contribution in [0.4, 0.5) is 10.1 Å². The van der Waals surface area contributed by atoms with E-state index in [9.17, 15) is 9.18 Å². The maximum atomic E-state index is 12.2. The molecule has 0 aromatic carbocycles. The number of rotatable bonds is 4. The SMILES string of the molecule is COC(=O)c1nc(CCF)cc(N)c1OC. The molecule has 0 atom stereocenters. The normalized spacial score (nSPS) is 9.94. The molecule has 1 heterocycles. The number of anilines is 1. The third-order valence-corrected chi connectivity index (χ3v) is 1.99. The molecule has 88 valence electrons. The molecule has 0 aliphatic heterocycles. The molecule has 1 aromatic rings. The number of nitrogens with zero attached hydrogens (tertiary/aromatic N) is 1. The Morgan fingerprint density at radius 1 is 1.56 bits per heavy atom. The van der Waals surface area contributed by atoms with E-state index in [4.69, 9.17) is 10.5 Å². The molecule has 0 saturated carbocycles. The van der Waals surface area contributed by atoms with Crippen LogP contribution in [0, 0.1) is 0 Å². The predicted molar refractivity (Wildman–Crippen MR) is 56.2 cm³/mol. The van der Waals surface area contributed by atoms with Crippen molar-refractivity contribution in [2.45, 2.75) is 6.42 Å². The van der Waals surface area contributed by atoms with Gasteiger partial charge < -0.3 is 15.2 Å². The zero-order valence-corrected chi connectivity index (χ0v) is 9.12. The smallest absolute Gasteiger partial charge is 0.360 e. The number of ether oxygens (including phenoxy) is 2. The maximum Gasteiger partial charge on any atom is 0.360 e. The van der Waals surface area contributed by atoms with Crippen molar-refractivity contribution < 1.29 is 18.7 Å². The highest BCUT2D eigenvalue weighted by Gasteiger charge is 2.18. The lowest BCUT2D eigenvalue weighted by Crippen LogP contribution is -2.11. The third kappa shape index (κ3) is 2.39. The lowest BCUT2D eigenvalue weighted by molar-refractivity contribution is 0.0589. The first-order valence-electron chi connectivity index (χ1n) is 4.61. The van der Waals surface area contributed by atoms with E-state index in [2.05, 4.69) is 9.72 Å². The first-order valence-corrected chi connectivity index (χ1v) is 4.61. The third-order valence-electron chi connectivity index (χ3n) is 1.99. The molecule has 0 saturated heterocycles. The van der Waals surface area contributed by atoms with Crippen LogP contribution in [0.3, 0.4) is 0 Å². The number of esters is 1. The quantitative estimate of drug-likeness (QED) is 0.777. The van der Waals surface area contributed by atoms with Gasteiger partial charge in [0.05, 0.1) is 26.6 Å². The first kappa shape index (κ1) is 12.2. The van der Waals surface area contributed by atoms with E-state index >= 15 is 0 Å². The Labute approximate surface area is 92.4 Å². The van der Waals surface area contributed by atoms with E-state index in [1.54, 1.807) is 0 Å². The fourth-order valence-corrected chi connectivity index (χ4v) is 1.28.